The van der Waals surface area contributed by atoms with E-state index >= 15 is 0 Å². The van der Waals surface area contributed by atoms with Gasteiger partial charge in [0.2, 0.25) is 10.0 Å². The van der Waals surface area contributed by atoms with Crippen LogP contribution >= 0.6 is 0 Å². The Labute approximate surface area is 188 Å². The van der Waals surface area contributed by atoms with Crippen molar-refractivity contribution in [3.05, 3.63) is 84.3 Å². The summed E-state index contributed by atoms with van der Waals surface area (Å²) < 4.78 is 48.8. The van der Waals surface area contributed by atoms with Crippen LogP contribution in [0, 0.1) is 5.82 Å². The minimum Gasteiger partial charge on any atom is -0.493 e. The Hall–Kier alpha value is -4.02. The number of pyridine rings is 1. The van der Waals surface area contributed by atoms with E-state index in [2.05, 4.69) is 10.3 Å². The zero-order chi connectivity index (χ0) is 23.6. The van der Waals surface area contributed by atoms with Gasteiger partial charge in [0, 0.05) is 17.6 Å². The van der Waals surface area contributed by atoms with Gasteiger partial charge in [-0.15, -0.1) is 0 Å². The molecule has 0 unspecified atom stereocenters. The number of benzene rings is 3. The second kappa shape index (κ2) is 8.85. The minimum atomic E-state index is -4.24. The Morgan fingerprint density at radius 1 is 1.03 bits per heavy atom. The molecule has 8 nitrogen and oxygen atoms in total. The fraction of sp³-hybridized carbons (Fsp3) is 0.0435. The molecule has 33 heavy (non-hydrogen) atoms. The van der Waals surface area contributed by atoms with Gasteiger partial charge in [-0.3, -0.25) is 9.78 Å². The van der Waals surface area contributed by atoms with Crippen LogP contribution in [0.4, 0.5) is 10.1 Å². The van der Waals surface area contributed by atoms with Crippen LogP contribution in [-0.4, -0.2) is 26.4 Å². The van der Waals surface area contributed by atoms with E-state index < -0.39 is 21.7 Å². The molecule has 0 atom stereocenters. The molecule has 0 saturated heterocycles. The summed E-state index contributed by atoms with van der Waals surface area (Å²) in [4.78, 5) is 16.8. The maximum atomic E-state index is 13.6. The summed E-state index contributed by atoms with van der Waals surface area (Å²) in [5, 5.41) is 8.75. The first kappa shape index (κ1) is 22.2. The summed E-state index contributed by atoms with van der Waals surface area (Å²) in [6.07, 6.45) is 1.41. The average Bonchev–Trinajstić information content (AvgIpc) is 2.80. The molecule has 1 aromatic heterocycles. The van der Waals surface area contributed by atoms with Crippen LogP contribution in [0.1, 0.15) is 10.4 Å². The monoisotopic (exact) mass is 467 g/mol. The molecule has 0 saturated carbocycles. The van der Waals surface area contributed by atoms with Crippen LogP contribution < -0.4 is 19.9 Å². The Morgan fingerprint density at radius 2 is 1.82 bits per heavy atom. The fourth-order valence-corrected chi connectivity index (χ4v) is 3.85. The van der Waals surface area contributed by atoms with E-state index in [4.69, 9.17) is 14.6 Å². The second-order valence-corrected chi connectivity index (χ2v) is 8.48. The summed E-state index contributed by atoms with van der Waals surface area (Å²) in [5.74, 6) is -1.31. The van der Waals surface area contributed by atoms with Gasteiger partial charge >= 0.3 is 0 Å². The minimum absolute atomic E-state index is 0.0234. The lowest BCUT2D eigenvalue weighted by Crippen LogP contribution is -2.17. The van der Waals surface area contributed by atoms with Crippen molar-refractivity contribution in [2.24, 2.45) is 5.14 Å². The first-order valence-electron chi connectivity index (χ1n) is 9.59. The summed E-state index contributed by atoms with van der Waals surface area (Å²) >= 11 is 0. The molecule has 4 rings (SSSR count). The van der Waals surface area contributed by atoms with Gasteiger partial charge in [0.15, 0.2) is 17.2 Å². The van der Waals surface area contributed by atoms with Gasteiger partial charge in [-0.05, 0) is 36.4 Å². The van der Waals surface area contributed by atoms with Crippen LogP contribution in [0.25, 0.3) is 10.9 Å². The Bertz CT molecular complexity index is 1470. The first-order valence-corrected chi connectivity index (χ1v) is 11.1. The number of methoxy groups -OCH3 is 1. The molecule has 0 fully saturated rings. The van der Waals surface area contributed by atoms with Crippen molar-refractivity contribution >= 4 is 32.5 Å². The predicted molar refractivity (Wildman–Crippen MR) is 121 cm³/mol. The van der Waals surface area contributed by atoms with Crippen molar-refractivity contribution in [2.75, 3.05) is 12.4 Å². The number of carbonyl (C=O) groups excluding carboxylic acids is 1. The van der Waals surface area contributed by atoms with Crippen molar-refractivity contribution in [3.8, 4) is 17.2 Å². The number of primary sulfonamides is 1. The van der Waals surface area contributed by atoms with E-state index in [-0.39, 0.29) is 33.4 Å². The standard InChI is InChI=1S/C23H18FN3O5S/c1-31-20-12-16(24)9-10-19(20)32-22-18(7-4-8-21(22)33(25,29)30)27-23(28)15-11-14-5-2-3-6-17(14)26-13-15/h2-13H,1H3,(H,27,28)(H2,25,29,30). The maximum absolute atomic E-state index is 13.6. The molecule has 0 aliphatic rings. The van der Waals surface area contributed by atoms with Crippen molar-refractivity contribution in [1.29, 1.82) is 0 Å². The molecule has 0 radical (unpaired) electrons. The molecule has 4 aromatic rings. The normalized spacial score (nSPS) is 11.2. The van der Waals surface area contributed by atoms with Crippen molar-refractivity contribution < 1.29 is 27.1 Å². The van der Waals surface area contributed by atoms with Crippen molar-refractivity contribution in [1.82, 2.24) is 4.98 Å². The highest BCUT2D eigenvalue weighted by Crippen LogP contribution is 2.39. The first-order chi connectivity index (χ1) is 15.8. The van der Waals surface area contributed by atoms with Crippen LogP contribution in [0.15, 0.2) is 77.8 Å². The molecule has 0 aliphatic carbocycles. The molecule has 3 aromatic carbocycles. The van der Waals surface area contributed by atoms with Crippen LogP contribution in [-0.2, 0) is 10.0 Å². The Balaban J connectivity index is 1.75. The number of nitrogens with one attached hydrogen (secondary N) is 1. The molecular weight excluding hydrogens is 449 g/mol. The largest absolute Gasteiger partial charge is 0.493 e. The highest BCUT2D eigenvalue weighted by atomic mass is 32.2. The van der Waals surface area contributed by atoms with Crippen LogP contribution in [0.5, 0.6) is 17.2 Å². The third-order valence-corrected chi connectivity index (χ3v) is 5.66. The van der Waals surface area contributed by atoms with E-state index in [1.165, 1.54) is 37.6 Å². The van der Waals surface area contributed by atoms with E-state index in [1.54, 1.807) is 6.07 Å². The molecule has 1 amide bonds. The highest BCUT2D eigenvalue weighted by Gasteiger charge is 2.22. The molecular formula is C23H18FN3O5S. The van der Waals surface area contributed by atoms with Gasteiger partial charge in [-0.1, -0.05) is 24.3 Å². The third-order valence-electron chi connectivity index (χ3n) is 4.72. The number of rotatable bonds is 6. The number of ether oxygens (including phenoxy) is 2. The Kier molecular flexibility index (Phi) is 5.95. The number of anilines is 1. The van der Waals surface area contributed by atoms with E-state index in [0.29, 0.717) is 0 Å². The molecule has 0 spiro atoms. The fourth-order valence-electron chi connectivity index (χ4n) is 3.17. The number of nitrogens with zero attached hydrogens (tertiary/aromatic N) is 1. The zero-order valence-corrected chi connectivity index (χ0v) is 18.1. The van der Waals surface area contributed by atoms with Gasteiger partial charge in [0.05, 0.1) is 23.9 Å². The topological polar surface area (TPSA) is 121 Å². The van der Waals surface area contributed by atoms with Crippen LogP contribution in [0.3, 0.4) is 0 Å². The summed E-state index contributed by atoms with van der Waals surface area (Å²) in [6, 6.07) is 16.5. The van der Waals surface area contributed by atoms with E-state index in [9.17, 15) is 17.6 Å². The number of carbonyl (C=O) groups is 1. The summed E-state index contributed by atoms with van der Waals surface area (Å²) in [5.41, 5.74) is 1.00. The number of para-hydroxylation sites is 2. The van der Waals surface area contributed by atoms with Crippen molar-refractivity contribution in [3.63, 3.8) is 0 Å². The smallest absolute Gasteiger partial charge is 0.257 e. The lowest BCUT2D eigenvalue weighted by Gasteiger charge is -2.17. The third kappa shape index (κ3) is 4.76. The quantitative estimate of drug-likeness (QED) is 0.441. The number of sulfonamides is 1. The number of nitrogens with two attached hydrogens (primary N) is 1. The molecule has 168 valence electrons. The molecule has 10 heteroatoms. The van der Waals surface area contributed by atoms with Crippen molar-refractivity contribution in [2.45, 2.75) is 4.90 Å². The van der Waals surface area contributed by atoms with Gasteiger partial charge in [-0.2, -0.15) is 0 Å². The van der Waals surface area contributed by atoms with Gasteiger partial charge in [-0.25, -0.2) is 17.9 Å². The zero-order valence-electron chi connectivity index (χ0n) is 17.3. The van der Waals surface area contributed by atoms with E-state index in [0.717, 1.165) is 23.0 Å². The number of amides is 1. The van der Waals surface area contributed by atoms with Crippen LogP contribution in [0.2, 0.25) is 0 Å². The number of aromatic nitrogens is 1. The maximum Gasteiger partial charge on any atom is 0.257 e. The van der Waals surface area contributed by atoms with Gasteiger partial charge < -0.3 is 14.8 Å². The summed E-state index contributed by atoms with van der Waals surface area (Å²) in [7, 11) is -2.93. The van der Waals surface area contributed by atoms with Gasteiger partial charge in [0.1, 0.15) is 10.7 Å². The lowest BCUT2D eigenvalue weighted by atomic mass is 10.1. The van der Waals surface area contributed by atoms with Gasteiger partial charge in [0.25, 0.3) is 5.91 Å². The molecule has 0 aliphatic heterocycles. The lowest BCUT2D eigenvalue weighted by molar-refractivity contribution is 0.102. The number of fused-ring (bicyclic) bond motifs is 1. The molecule has 1 heterocycles. The highest BCUT2D eigenvalue weighted by molar-refractivity contribution is 7.89. The SMILES string of the molecule is COc1cc(F)ccc1Oc1c(NC(=O)c2cnc3ccccc3c2)cccc1S(N)(=O)=O. The second-order valence-electron chi connectivity index (χ2n) is 6.95. The molecule has 0 bridgehead atoms. The number of hydrogen-bond donors (Lipinski definition) is 2. The number of hydrogen-bond acceptors (Lipinski definition) is 6. The van der Waals surface area contributed by atoms with E-state index in [1.807, 2.05) is 24.3 Å². The number of halogens is 1. The Morgan fingerprint density at radius 3 is 2.58 bits per heavy atom. The predicted octanol–water partition coefficient (Wildman–Crippen LogP) is 4.07. The average molecular weight is 467 g/mol. The molecule has 3 N–H and O–H groups in total. The summed E-state index contributed by atoms with van der Waals surface area (Å²) in [6.45, 7) is 0.